The number of hydrogen-bond acceptors (Lipinski definition) is 2. The first-order valence-corrected chi connectivity index (χ1v) is 36.2. The molecule has 0 N–H and O–H groups in total. The first-order valence-electron chi connectivity index (χ1n) is 36.2. The monoisotopic (exact) mass is 1290 g/mol. The van der Waals surface area contributed by atoms with Crippen LogP contribution in [0.15, 0.2) is 279 Å². The molecule has 0 bridgehead atoms. The number of aryl methyl sites for hydroxylation is 1. The van der Waals surface area contributed by atoms with Gasteiger partial charge >= 0.3 is 0 Å². The molecule has 484 valence electrons. The molecular formula is C95H81BN4. The third kappa shape index (κ3) is 9.33. The van der Waals surface area contributed by atoms with Crippen LogP contribution in [0.25, 0.3) is 99.5 Å². The van der Waals surface area contributed by atoms with Crippen molar-refractivity contribution in [3.63, 3.8) is 0 Å². The van der Waals surface area contributed by atoms with Crippen LogP contribution in [0.3, 0.4) is 0 Å². The van der Waals surface area contributed by atoms with Crippen molar-refractivity contribution in [1.29, 1.82) is 0 Å². The Morgan fingerprint density at radius 2 is 0.590 bits per heavy atom. The van der Waals surface area contributed by atoms with E-state index in [1.54, 1.807) is 0 Å². The smallest absolute Gasteiger partial charge is 0.252 e. The predicted molar refractivity (Wildman–Crippen MR) is 426 cm³/mol. The summed E-state index contributed by atoms with van der Waals surface area (Å²) in [7, 11) is 0. The highest BCUT2D eigenvalue weighted by Gasteiger charge is 2.45. The Balaban J connectivity index is 0.831. The summed E-state index contributed by atoms with van der Waals surface area (Å²) in [6.45, 7) is 21.6. The summed E-state index contributed by atoms with van der Waals surface area (Å²) < 4.78 is 5.01. The average Bonchev–Trinajstić information content (AvgIpc) is 0.803. The highest BCUT2D eigenvalue weighted by molar-refractivity contribution is 7.00. The van der Waals surface area contributed by atoms with Crippen LogP contribution in [0.1, 0.15) is 109 Å². The number of rotatable bonds is 8. The highest BCUT2D eigenvalue weighted by Crippen LogP contribution is 2.52. The number of nitrogens with zero attached hydrogens (tertiary/aromatic N) is 4. The quantitative estimate of drug-likeness (QED) is 0.141. The maximum absolute atomic E-state index is 2.60. The van der Waals surface area contributed by atoms with Crippen molar-refractivity contribution < 1.29 is 0 Å². The molecule has 0 spiro atoms. The van der Waals surface area contributed by atoms with E-state index >= 15 is 0 Å². The first kappa shape index (κ1) is 60.3. The lowest BCUT2D eigenvalue weighted by Crippen LogP contribution is -2.61. The molecule has 2 aliphatic heterocycles. The van der Waals surface area contributed by atoms with E-state index in [-0.39, 0.29) is 28.4 Å². The normalized spacial score (nSPS) is 15.9. The molecule has 100 heavy (non-hydrogen) atoms. The zero-order valence-corrected chi connectivity index (χ0v) is 58.8. The van der Waals surface area contributed by atoms with Gasteiger partial charge in [-0.25, -0.2) is 0 Å². The first-order chi connectivity index (χ1) is 48.4. The fourth-order valence-corrected chi connectivity index (χ4v) is 18.2. The molecule has 0 atom stereocenters. The van der Waals surface area contributed by atoms with Gasteiger partial charge in [0.15, 0.2) is 0 Å². The van der Waals surface area contributed by atoms with Gasteiger partial charge < -0.3 is 18.9 Å². The molecule has 19 rings (SSSR count). The average molecular weight is 1290 g/mol. The number of benzene rings is 13. The Hall–Kier alpha value is -10.9. The number of fused-ring (bicyclic) bond motifs is 12. The third-order valence-corrected chi connectivity index (χ3v) is 23.9. The van der Waals surface area contributed by atoms with E-state index in [4.69, 9.17) is 0 Å². The molecule has 0 unspecified atom stereocenters. The molecule has 0 saturated carbocycles. The van der Waals surface area contributed by atoms with Crippen LogP contribution in [0, 0.1) is 6.92 Å². The molecule has 2 aliphatic carbocycles. The van der Waals surface area contributed by atoms with Crippen LogP contribution in [0.2, 0.25) is 0 Å². The summed E-state index contributed by atoms with van der Waals surface area (Å²) in [6.07, 6.45) is 4.74. The summed E-state index contributed by atoms with van der Waals surface area (Å²) >= 11 is 0. The second kappa shape index (κ2) is 22.1. The van der Waals surface area contributed by atoms with Gasteiger partial charge in [-0.2, -0.15) is 0 Å². The molecule has 4 nitrogen and oxygen atoms in total. The lowest BCUT2D eigenvalue weighted by atomic mass is 9.33. The number of hydrogen-bond donors (Lipinski definition) is 0. The van der Waals surface area contributed by atoms with E-state index in [1.165, 1.54) is 181 Å². The molecule has 2 aromatic heterocycles. The summed E-state index contributed by atoms with van der Waals surface area (Å²) in [5.41, 5.74) is 35.2. The van der Waals surface area contributed by atoms with E-state index in [0.717, 1.165) is 22.7 Å². The topological polar surface area (TPSA) is 16.3 Å². The number of anilines is 6. The van der Waals surface area contributed by atoms with E-state index in [0.29, 0.717) is 0 Å². The Bertz CT molecular complexity index is 5510. The van der Waals surface area contributed by atoms with Crippen molar-refractivity contribution in [2.45, 2.75) is 110 Å². The maximum Gasteiger partial charge on any atom is 0.252 e. The van der Waals surface area contributed by atoms with Gasteiger partial charge in [-0.05, 0) is 240 Å². The predicted octanol–water partition coefficient (Wildman–Crippen LogP) is 23.6. The Morgan fingerprint density at radius 1 is 0.260 bits per heavy atom. The SMILES string of the molecule is Cc1cc2c3c(c1)N(c1ccc(-c4ccc5c(c4)C(C)(C)CCC5(C)C)cc1)c1cc(-n4c5ccccc5c5cc(-c6ccccc6)ccc54)ccc1B3c1ccc(-n3c4ccccc4c4cc(-c5ccccc5)ccc43)cc1N2c1ccc(-c2ccc3c(c2)C(C)(C)CCC3(C)C)cc1. The lowest BCUT2D eigenvalue weighted by Gasteiger charge is -2.44. The molecule has 13 aromatic carbocycles. The van der Waals surface area contributed by atoms with E-state index < -0.39 is 0 Å². The van der Waals surface area contributed by atoms with Crippen molar-refractivity contribution in [2.75, 3.05) is 9.80 Å². The maximum atomic E-state index is 2.60. The van der Waals surface area contributed by atoms with Crippen LogP contribution in [0.5, 0.6) is 0 Å². The summed E-state index contributed by atoms with van der Waals surface area (Å²) in [5, 5.41) is 4.95. The van der Waals surface area contributed by atoms with Crippen LogP contribution in [-0.4, -0.2) is 15.8 Å². The van der Waals surface area contributed by atoms with Crippen molar-refractivity contribution in [2.24, 2.45) is 0 Å². The van der Waals surface area contributed by atoms with E-state index in [2.05, 4.69) is 360 Å². The van der Waals surface area contributed by atoms with Gasteiger partial charge in [0.1, 0.15) is 0 Å². The summed E-state index contributed by atoms with van der Waals surface area (Å²) in [6, 6.07) is 107. The van der Waals surface area contributed by atoms with Crippen molar-refractivity contribution in [3.8, 4) is 55.9 Å². The summed E-state index contributed by atoms with van der Waals surface area (Å²) in [5.74, 6) is 0. The fourth-order valence-electron chi connectivity index (χ4n) is 18.2. The fraction of sp³-hybridized carbons (Fsp3) is 0.179. The minimum atomic E-state index is -0.117. The minimum Gasteiger partial charge on any atom is -0.311 e. The number of para-hydroxylation sites is 2. The zero-order valence-electron chi connectivity index (χ0n) is 58.8. The standard InChI is InChI=1S/C95H81BN4/c1-60-52-89-91-90(53-60)98(70-38-30-64(31-39-70)68-33-43-78-80(57-68)95(8,9)51-49-93(78,4)5)88-59-72(100-84-27-19-17-25-74(84)76-55-66(35-47-86(76)100)62-22-14-11-15-23-62)41-45-82(88)96(91)81-44-40-71(99-83-26-18-16-24-73(83)75-54-65(34-46-85(75)99)61-20-12-10-13-21-61)58-87(81)97(89)69-36-28-63(29-37-69)67-32-42-77-79(56-67)94(6,7)50-48-92(77,2)3/h10-47,52-59H,48-51H2,1-9H3. The van der Waals surface area contributed by atoms with E-state index in [9.17, 15) is 0 Å². The van der Waals surface area contributed by atoms with Gasteiger partial charge in [0.05, 0.1) is 22.1 Å². The van der Waals surface area contributed by atoms with Gasteiger partial charge in [0.2, 0.25) is 0 Å². The van der Waals surface area contributed by atoms with Crippen LogP contribution in [-0.2, 0) is 21.7 Å². The molecule has 0 amide bonds. The zero-order chi connectivity index (χ0) is 67.7. The minimum absolute atomic E-state index is 0.0994. The molecule has 15 aromatic rings. The van der Waals surface area contributed by atoms with Gasteiger partial charge in [-0.1, -0.05) is 237 Å². The van der Waals surface area contributed by atoms with Crippen LogP contribution >= 0.6 is 0 Å². The van der Waals surface area contributed by atoms with Gasteiger partial charge in [0.25, 0.3) is 6.71 Å². The summed E-state index contributed by atoms with van der Waals surface area (Å²) in [4.78, 5) is 5.21. The molecule has 0 radical (unpaired) electrons. The van der Waals surface area contributed by atoms with Crippen LogP contribution < -0.4 is 26.2 Å². The van der Waals surface area contributed by atoms with Crippen LogP contribution in [0.4, 0.5) is 34.1 Å². The largest absolute Gasteiger partial charge is 0.311 e. The number of aromatic nitrogens is 2. The molecule has 5 heteroatoms. The second-order valence-corrected chi connectivity index (χ2v) is 31.9. The highest BCUT2D eigenvalue weighted by atomic mass is 15.2. The third-order valence-electron chi connectivity index (χ3n) is 23.9. The molecule has 0 fully saturated rings. The van der Waals surface area contributed by atoms with E-state index in [1.807, 2.05) is 0 Å². The van der Waals surface area contributed by atoms with Crippen molar-refractivity contribution >= 4 is 101 Å². The Kier molecular flexibility index (Phi) is 13.3. The van der Waals surface area contributed by atoms with Crippen molar-refractivity contribution in [3.05, 3.63) is 307 Å². The van der Waals surface area contributed by atoms with Crippen molar-refractivity contribution in [1.82, 2.24) is 9.13 Å². The molecular weight excluding hydrogens is 1210 g/mol. The van der Waals surface area contributed by atoms with Gasteiger partial charge in [-0.15, -0.1) is 0 Å². The second-order valence-electron chi connectivity index (χ2n) is 31.9. The lowest BCUT2D eigenvalue weighted by molar-refractivity contribution is 0.332. The Morgan fingerprint density at radius 3 is 1.01 bits per heavy atom. The Labute approximate surface area is 588 Å². The van der Waals surface area contributed by atoms with Gasteiger partial charge in [-0.3, -0.25) is 0 Å². The van der Waals surface area contributed by atoms with Gasteiger partial charge in [0, 0.05) is 67.0 Å². The molecule has 0 saturated heterocycles. The molecule has 4 heterocycles. The molecule has 4 aliphatic rings.